The Kier molecular flexibility index (Phi) is 1.94. The molecule has 0 spiro atoms. The minimum Gasteiger partial charge on any atom is -0.395 e. The fourth-order valence-corrected chi connectivity index (χ4v) is 2.43. The summed E-state index contributed by atoms with van der Waals surface area (Å²) in [5, 5.41) is 10.6. The highest BCUT2D eigenvalue weighted by atomic mass is 79.9. The number of aliphatic hydroxyl groups is 1. The van der Waals surface area contributed by atoms with Gasteiger partial charge in [0.2, 0.25) is 0 Å². The van der Waals surface area contributed by atoms with E-state index in [-0.39, 0.29) is 12.0 Å². The summed E-state index contributed by atoms with van der Waals surface area (Å²) >= 11 is 3.46. The number of halogens is 1. The van der Waals surface area contributed by atoms with Crippen molar-refractivity contribution in [1.29, 1.82) is 0 Å². The van der Waals surface area contributed by atoms with Gasteiger partial charge in [0.1, 0.15) is 0 Å². The number of nitrogens with one attached hydrogen (secondary N) is 1. The van der Waals surface area contributed by atoms with E-state index in [4.69, 9.17) is 0 Å². The minimum atomic E-state index is 0.0332. The number of H-pyrrole nitrogens is 1. The second-order valence-corrected chi connectivity index (χ2v) is 5.27. The Morgan fingerprint density at radius 3 is 2.80 bits per heavy atom. The van der Waals surface area contributed by atoms with Crippen LogP contribution in [-0.2, 0) is 5.41 Å². The fraction of sp³-hybridized carbons (Fsp3) is 0.333. The normalized spacial score (nSPS) is 18.3. The number of hydrogen-bond donors (Lipinski definition) is 2. The number of fused-ring (bicyclic) bond motifs is 1. The molecule has 0 unspecified atom stereocenters. The van der Waals surface area contributed by atoms with Crippen molar-refractivity contribution in [1.82, 2.24) is 4.98 Å². The first-order valence-electron chi connectivity index (χ1n) is 5.13. The van der Waals surface area contributed by atoms with Crippen LogP contribution < -0.4 is 0 Å². The van der Waals surface area contributed by atoms with E-state index in [9.17, 15) is 5.11 Å². The van der Waals surface area contributed by atoms with Gasteiger partial charge in [-0.25, -0.2) is 0 Å². The fourth-order valence-electron chi connectivity index (χ4n) is 2.05. The molecular formula is C12H12BrNO. The number of aliphatic hydroxyl groups excluding tert-OH is 1. The van der Waals surface area contributed by atoms with Crippen LogP contribution >= 0.6 is 15.9 Å². The lowest BCUT2D eigenvalue weighted by atomic mass is 10.0. The molecule has 3 rings (SSSR count). The van der Waals surface area contributed by atoms with Gasteiger partial charge in [0.25, 0.3) is 0 Å². The van der Waals surface area contributed by atoms with Crippen molar-refractivity contribution < 1.29 is 5.11 Å². The second kappa shape index (κ2) is 3.09. The van der Waals surface area contributed by atoms with Gasteiger partial charge in [-0.2, -0.15) is 0 Å². The van der Waals surface area contributed by atoms with Gasteiger partial charge in [0.05, 0.1) is 6.61 Å². The van der Waals surface area contributed by atoms with Gasteiger partial charge >= 0.3 is 0 Å². The van der Waals surface area contributed by atoms with Crippen LogP contribution in [0.1, 0.15) is 18.5 Å². The van der Waals surface area contributed by atoms with Gasteiger partial charge in [-0.3, -0.25) is 0 Å². The Morgan fingerprint density at radius 2 is 2.13 bits per heavy atom. The van der Waals surface area contributed by atoms with Crippen molar-refractivity contribution in [2.24, 2.45) is 0 Å². The largest absolute Gasteiger partial charge is 0.395 e. The van der Waals surface area contributed by atoms with Gasteiger partial charge < -0.3 is 10.1 Å². The molecule has 15 heavy (non-hydrogen) atoms. The number of hydrogen-bond acceptors (Lipinski definition) is 1. The van der Waals surface area contributed by atoms with Crippen LogP contribution in [0.15, 0.2) is 28.7 Å². The van der Waals surface area contributed by atoms with E-state index >= 15 is 0 Å². The molecule has 1 saturated carbocycles. The molecule has 1 aliphatic rings. The number of rotatable bonds is 2. The molecule has 1 aromatic carbocycles. The molecule has 1 aromatic heterocycles. The van der Waals surface area contributed by atoms with Crippen LogP contribution in [0.3, 0.4) is 0 Å². The van der Waals surface area contributed by atoms with E-state index in [0.717, 1.165) is 22.8 Å². The third-order valence-corrected chi connectivity index (χ3v) is 3.80. The zero-order chi connectivity index (χ0) is 10.5. The zero-order valence-corrected chi connectivity index (χ0v) is 9.84. The molecule has 78 valence electrons. The summed E-state index contributed by atoms with van der Waals surface area (Å²) < 4.78 is 1.09. The molecule has 0 saturated heterocycles. The predicted octanol–water partition coefficient (Wildman–Crippen LogP) is 2.95. The number of aromatic nitrogens is 1. The SMILES string of the molecule is OCC1(c2cc3cc(Br)ccc3[nH]2)CC1. The van der Waals surface area contributed by atoms with Crippen LogP contribution in [0.2, 0.25) is 0 Å². The summed E-state index contributed by atoms with van der Waals surface area (Å²) in [4.78, 5) is 3.40. The maximum absolute atomic E-state index is 9.36. The lowest BCUT2D eigenvalue weighted by Gasteiger charge is -2.07. The topological polar surface area (TPSA) is 36.0 Å². The zero-order valence-electron chi connectivity index (χ0n) is 8.26. The lowest BCUT2D eigenvalue weighted by molar-refractivity contribution is 0.253. The summed E-state index contributed by atoms with van der Waals surface area (Å²) in [6.45, 7) is 0.251. The van der Waals surface area contributed by atoms with Gasteiger partial charge in [-0.05, 0) is 37.1 Å². The first-order chi connectivity index (χ1) is 7.23. The van der Waals surface area contributed by atoms with Crippen LogP contribution in [-0.4, -0.2) is 16.7 Å². The van der Waals surface area contributed by atoms with Crippen molar-refractivity contribution in [2.45, 2.75) is 18.3 Å². The first-order valence-corrected chi connectivity index (χ1v) is 5.92. The summed E-state index contributed by atoms with van der Waals surface area (Å²) in [7, 11) is 0. The molecule has 3 heteroatoms. The Morgan fingerprint density at radius 1 is 1.33 bits per heavy atom. The molecule has 0 atom stereocenters. The standard InChI is InChI=1S/C12H12BrNO/c13-9-1-2-10-8(5-9)6-11(14-10)12(7-15)3-4-12/h1-2,5-6,14-15H,3-4,7H2. The third kappa shape index (κ3) is 1.42. The highest BCUT2D eigenvalue weighted by molar-refractivity contribution is 9.10. The van der Waals surface area contributed by atoms with E-state index in [1.54, 1.807) is 0 Å². The predicted molar refractivity (Wildman–Crippen MR) is 64.0 cm³/mol. The van der Waals surface area contributed by atoms with E-state index in [0.29, 0.717) is 0 Å². The van der Waals surface area contributed by atoms with Crippen molar-refractivity contribution in [3.8, 4) is 0 Å². The maximum atomic E-state index is 9.36. The third-order valence-electron chi connectivity index (χ3n) is 3.31. The van der Waals surface area contributed by atoms with E-state index in [1.807, 2.05) is 6.07 Å². The van der Waals surface area contributed by atoms with Crippen molar-refractivity contribution in [3.63, 3.8) is 0 Å². The van der Waals surface area contributed by atoms with Crippen molar-refractivity contribution in [3.05, 3.63) is 34.4 Å². The van der Waals surface area contributed by atoms with Gasteiger partial charge in [0, 0.05) is 26.5 Å². The monoisotopic (exact) mass is 265 g/mol. The lowest BCUT2D eigenvalue weighted by Crippen LogP contribution is -2.11. The van der Waals surface area contributed by atoms with E-state index in [1.165, 1.54) is 11.1 Å². The molecule has 2 nitrogen and oxygen atoms in total. The van der Waals surface area contributed by atoms with Crippen LogP contribution in [0, 0.1) is 0 Å². The summed E-state index contributed by atoms with van der Waals surface area (Å²) in [5.41, 5.74) is 2.36. The molecule has 1 heterocycles. The van der Waals surface area contributed by atoms with Crippen LogP contribution in [0.25, 0.3) is 10.9 Å². The van der Waals surface area contributed by atoms with Crippen LogP contribution in [0.5, 0.6) is 0 Å². The van der Waals surface area contributed by atoms with Crippen molar-refractivity contribution >= 4 is 26.8 Å². The second-order valence-electron chi connectivity index (χ2n) is 4.35. The average Bonchev–Trinajstić information content (AvgIpc) is 2.93. The summed E-state index contributed by atoms with van der Waals surface area (Å²) in [6, 6.07) is 8.35. The van der Waals surface area contributed by atoms with Gasteiger partial charge in [0.15, 0.2) is 0 Å². The number of aromatic amines is 1. The first kappa shape index (κ1) is 9.43. The Balaban J connectivity index is 2.14. The summed E-state index contributed by atoms with van der Waals surface area (Å²) in [6.07, 6.45) is 2.19. The average molecular weight is 266 g/mol. The van der Waals surface area contributed by atoms with Crippen molar-refractivity contribution in [2.75, 3.05) is 6.61 Å². The molecule has 0 bridgehead atoms. The quantitative estimate of drug-likeness (QED) is 0.861. The Hall–Kier alpha value is -0.800. The maximum Gasteiger partial charge on any atom is 0.0542 e. The highest BCUT2D eigenvalue weighted by Gasteiger charge is 2.44. The van der Waals surface area contributed by atoms with E-state index in [2.05, 4.69) is 39.1 Å². The molecule has 1 fully saturated rings. The molecular weight excluding hydrogens is 254 g/mol. The van der Waals surface area contributed by atoms with Gasteiger partial charge in [-0.15, -0.1) is 0 Å². The molecule has 0 radical (unpaired) electrons. The number of benzene rings is 1. The Bertz CT molecular complexity index is 513. The highest BCUT2D eigenvalue weighted by Crippen LogP contribution is 2.47. The Labute approximate surface area is 96.4 Å². The molecule has 0 amide bonds. The molecule has 2 N–H and O–H groups in total. The smallest absolute Gasteiger partial charge is 0.0542 e. The van der Waals surface area contributed by atoms with Gasteiger partial charge in [-0.1, -0.05) is 15.9 Å². The molecule has 2 aromatic rings. The molecule has 1 aliphatic carbocycles. The van der Waals surface area contributed by atoms with Crippen LogP contribution in [0.4, 0.5) is 0 Å². The van der Waals surface area contributed by atoms with E-state index < -0.39 is 0 Å². The summed E-state index contributed by atoms with van der Waals surface area (Å²) in [5.74, 6) is 0. The minimum absolute atomic E-state index is 0.0332. The molecule has 0 aliphatic heterocycles.